The molecule has 0 fully saturated rings. The van der Waals surface area contributed by atoms with E-state index in [1.807, 2.05) is 24.3 Å². The maximum absolute atomic E-state index is 11.8. The minimum absolute atomic E-state index is 0.0981. The Labute approximate surface area is 131 Å². The van der Waals surface area contributed by atoms with Crippen LogP contribution in [0.5, 0.6) is 0 Å². The molecule has 0 bridgehead atoms. The number of anilines is 1. The van der Waals surface area contributed by atoms with Gasteiger partial charge in [-0.05, 0) is 24.3 Å². The molecule has 0 saturated heterocycles. The Balaban J connectivity index is 1.52. The van der Waals surface area contributed by atoms with Crippen LogP contribution in [0, 0.1) is 0 Å². The molecule has 0 radical (unpaired) electrons. The lowest BCUT2D eigenvalue weighted by atomic mass is 10.3. The summed E-state index contributed by atoms with van der Waals surface area (Å²) in [6.07, 6.45) is 0. The van der Waals surface area contributed by atoms with E-state index < -0.39 is 11.9 Å². The van der Waals surface area contributed by atoms with E-state index in [2.05, 4.69) is 15.6 Å². The highest BCUT2D eigenvalue weighted by atomic mass is 16.5. The summed E-state index contributed by atoms with van der Waals surface area (Å²) in [4.78, 5) is 23.5. The Morgan fingerprint density at radius 1 is 1.04 bits per heavy atom. The number of carbonyl (C=O) groups excluding carboxylic acids is 2. The van der Waals surface area contributed by atoms with Gasteiger partial charge in [-0.25, -0.2) is 4.68 Å². The highest BCUT2D eigenvalue weighted by Crippen LogP contribution is 2.09. The number of hydrogen-bond donors (Lipinski definition) is 1. The first kappa shape index (κ1) is 14.7. The first-order valence-corrected chi connectivity index (χ1v) is 7.01. The number of rotatable bonds is 5. The van der Waals surface area contributed by atoms with Crippen LogP contribution in [0.15, 0.2) is 54.6 Å². The van der Waals surface area contributed by atoms with Gasteiger partial charge in [0.25, 0.3) is 5.91 Å². The average Bonchev–Trinajstić information content (AvgIpc) is 2.97. The highest BCUT2D eigenvalue weighted by Gasteiger charge is 2.11. The molecule has 7 heteroatoms. The fraction of sp³-hybridized carbons (Fsp3) is 0.125. The molecule has 23 heavy (non-hydrogen) atoms. The van der Waals surface area contributed by atoms with Crippen LogP contribution in [-0.2, 0) is 20.9 Å². The van der Waals surface area contributed by atoms with Crippen LogP contribution in [0.25, 0.3) is 11.0 Å². The summed E-state index contributed by atoms with van der Waals surface area (Å²) in [7, 11) is 0. The van der Waals surface area contributed by atoms with Crippen LogP contribution in [0.2, 0.25) is 0 Å². The number of aromatic nitrogens is 3. The van der Waals surface area contributed by atoms with Crippen LogP contribution in [0.3, 0.4) is 0 Å². The van der Waals surface area contributed by atoms with E-state index in [1.54, 1.807) is 30.3 Å². The Bertz CT molecular complexity index is 829. The number of nitrogens with one attached hydrogen (secondary N) is 1. The lowest BCUT2D eigenvalue weighted by Crippen LogP contribution is -2.23. The maximum atomic E-state index is 11.8. The molecule has 1 N–H and O–H groups in total. The molecule has 0 aliphatic heterocycles. The smallest absolute Gasteiger partial charge is 0.328 e. The number of hydrogen-bond acceptors (Lipinski definition) is 5. The first-order chi connectivity index (χ1) is 11.2. The SMILES string of the molecule is O=C(COC(=O)Cn1nnc2ccccc21)Nc1ccccc1. The van der Waals surface area contributed by atoms with Crippen molar-refractivity contribution in [3.63, 3.8) is 0 Å². The van der Waals surface area contributed by atoms with Crippen molar-refractivity contribution >= 4 is 28.6 Å². The van der Waals surface area contributed by atoms with Crippen LogP contribution in [0.1, 0.15) is 0 Å². The Kier molecular flexibility index (Phi) is 4.28. The van der Waals surface area contributed by atoms with E-state index in [4.69, 9.17) is 4.74 Å². The van der Waals surface area contributed by atoms with Gasteiger partial charge in [-0.2, -0.15) is 0 Å². The lowest BCUT2D eigenvalue weighted by Gasteiger charge is -2.06. The zero-order chi connectivity index (χ0) is 16.1. The third-order valence-corrected chi connectivity index (χ3v) is 3.12. The van der Waals surface area contributed by atoms with E-state index in [-0.39, 0.29) is 13.2 Å². The minimum Gasteiger partial charge on any atom is -0.454 e. The Hall–Kier alpha value is -3.22. The minimum atomic E-state index is -0.552. The predicted molar refractivity (Wildman–Crippen MR) is 83.6 cm³/mol. The molecule has 1 aromatic heterocycles. The zero-order valence-electron chi connectivity index (χ0n) is 12.2. The van der Waals surface area contributed by atoms with Gasteiger partial charge in [-0.15, -0.1) is 5.10 Å². The van der Waals surface area contributed by atoms with Crippen molar-refractivity contribution in [1.29, 1.82) is 0 Å². The maximum Gasteiger partial charge on any atom is 0.328 e. The van der Waals surface area contributed by atoms with Crippen molar-refractivity contribution in [2.75, 3.05) is 11.9 Å². The molecule has 7 nitrogen and oxygen atoms in total. The molecule has 1 amide bonds. The molecule has 0 atom stereocenters. The second-order valence-corrected chi connectivity index (χ2v) is 4.81. The summed E-state index contributed by atoms with van der Waals surface area (Å²) >= 11 is 0. The summed E-state index contributed by atoms with van der Waals surface area (Å²) in [5.41, 5.74) is 2.08. The molecule has 3 rings (SSSR count). The van der Waals surface area contributed by atoms with Gasteiger partial charge in [0.2, 0.25) is 0 Å². The quantitative estimate of drug-likeness (QED) is 0.724. The molecule has 116 valence electrons. The van der Waals surface area contributed by atoms with E-state index in [0.29, 0.717) is 11.2 Å². The molecule has 0 aliphatic rings. The Morgan fingerprint density at radius 2 is 1.78 bits per heavy atom. The van der Waals surface area contributed by atoms with Gasteiger partial charge < -0.3 is 10.1 Å². The Morgan fingerprint density at radius 3 is 2.61 bits per heavy atom. The summed E-state index contributed by atoms with van der Waals surface area (Å²) in [5, 5.41) is 10.5. The van der Waals surface area contributed by atoms with E-state index in [0.717, 1.165) is 5.52 Å². The molecular formula is C16H14N4O3. The van der Waals surface area contributed by atoms with Crippen molar-refractivity contribution in [2.45, 2.75) is 6.54 Å². The van der Waals surface area contributed by atoms with E-state index in [9.17, 15) is 9.59 Å². The third-order valence-electron chi connectivity index (χ3n) is 3.12. The molecule has 2 aromatic carbocycles. The van der Waals surface area contributed by atoms with Crippen LogP contribution < -0.4 is 5.32 Å². The molecular weight excluding hydrogens is 296 g/mol. The molecule has 0 aliphatic carbocycles. The highest BCUT2D eigenvalue weighted by molar-refractivity contribution is 5.92. The van der Waals surface area contributed by atoms with Crippen molar-refractivity contribution in [3.8, 4) is 0 Å². The van der Waals surface area contributed by atoms with E-state index >= 15 is 0 Å². The normalized spacial score (nSPS) is 10.4. The fourth-order valence-electron chi connectivity index (χ4n) is 2.07. The van der Waals surface area contributed by atoms with Gasteiger partial charge in [0.05, 0.1) is 5.52 Å². The van der Waals surface area contributed by atoms with Crippen molar-refractivity contribution in [2.24, 2.45) is 0 Å². The largest absolute Gasteiger partial charge is 0.454 e. The molecule has 0 unspecified atom stereocenters. The third kappa shape index (κ3) is 3.70. The summed E-state index contributed by atoms with van der Waals surface area (Å²) in [6.45, 7) is -0.445. The fourth-order valence-corrected chi connectivity index (χ4v) is 2.07. The van der Waals surface area contributed by atoms with Gasteiger partial charge in [0.1, 0.15) is 12.1 Å². The number of benzene rings is 2. The topological polar surface area (TPSA) is 86.1 Å². The zero-order valence-corrected chi connectivity index (χ0v) is 12.2. The number of fused-ring (bicyclic) bond motifs is 1. The molecule has 0 saturated carbocycles. The van der Waals surface area contributed by atoms with Crippen LogP contribution in [-0.4, -0.2) is 33.5 Å². The van der Waals surface area contributed by atoms with Crippen LogP contribution >= 0.6 is 0 Å². The summed E-state index contributed by atoms with van der Waals surface area (Å²) in [6, 6.07) is 16.2. The van der Waals surface area contributed by atoms with Crippen molar-refractivity contribution in [1.82, 2.24) is 15.0 Å². The molecule has 1 heterocycles. The molecule has 0 spiro atoms. The summed E-state index contributed by atoms with van der Waals surface area (Å²) < 4.78 is 6.40. The number of ether oxygens (including phenoxy) is 1. The number of nitrogens with zero attached hydrogens (tertiary/aromatic N) is 3. The van der Waals surface area contributed by atoms with Gasteiger partial charge >= 0.3 is 5.97 Å². The van der Waals surface area contributed by atoms with Gasteiger partial charge in [-0.3, -0.25) is 9.59 Å². The van der Waals surface area contributed by atoms with Gasteiger partial charge in [0.15, 0.2) is 6.61 Å². The monoisotopic (exact) mass is 310 g/mol. The van der Waals surface area contributed by atoms with Gasteiger partial charge in [0, 0.05) is 5.69 Å². The number of para-hydroxylation sites is 2. The predicted octanol–water partition coefficient (Wildman–Crippen LogP) is 1.61. The number of amides is 1. The first-order valence-electron chi connectivity index (χ1n) is 7.01. The lowest BCUT2D eigenvalue weighted by molar-refractivity contribution is -0.148. The average molecular weight is 310 g/mol. The van der Waals surface area contributed by atoms with E-state index in [1.165, 1.54) is 4.68 Å². The van der Waals surface area contributed by atoms with Crippen LogP contribution in [0.4, 0.5) is 5.69 Å². The van der Waals surface area contributed by atoms with Crippen molar-refractivity contribution in [3.05, 3.63) is 54.6 Å². The summed E-state index contributed by atoms with van der Waals surface area (Å²) in [5.74, 6) is -0.947. The standard InChI is InChI=1S/C16H14N4O3/c21-15(17-12-6-2-1-3-7-12)11-23-16(22)10-20-14-9-5-4-8-13(14)18-19-20/h1-9H,10-11H2,(H,17,21). The van der Waals surface area contributed by atoms with Gasteiger partial charge in [-0.1, -0.05) is 35.5 Å². The second kappa shape index (κ2) is 6.69. The second-order valence-electron chi connectivity index (χ2n) is 4.81. The number of carbonyl (C=O) groups is 2. The molecule has 3 aromatic rings. The number of esters is 1. The van der Waals surface area contributed by atoms with Crippen molar-refractivity contribution < 1.29 is 14.3 Å².